The molecule has 0 atom stereocenters. The minimum atomic E-state index is -3.53. The molecule has 1 aliphatic rings. The summed E-state index contributed by atoms with van der Waals surface area (Å²) in [5.41, 5.74) is 3.38. The van der Waals surface area contributed by atoms with Crippen LogP contribution in [0.5, 0.6) is 5.75 Å². The number of rotatable bonds is 9. The first-order chi connectivity index (χ1) is 15.4. The Bertz CT molecular complexity index is 1060. The average molecular weight is 459 g/mol. The molecule has 1 aliphatic heterocycles. The molecular weight excluding hydrogens is 432 g/mol. The zero-order chi connectivity index (χ0) is 23.0. The van der Waals surface area contributed by atoms with Crippen molar-refractivity contribution in [3.63, 3.8) is 0 Å². The van der Waals surface area contributed by atoms with Gasteiger partial charge in [-0.25, -0.2) is 13.8 Å². The second kappa shape index (κ2) is 10.9. The van der Waals surface area contributed by atoms with Crippen LogP contribution in [0.3, 0.4) is 0 Å². The highest BCUT2D eigenvalue weighted by Gasteiger charge is 2.27. The van der Waals surface area contributed by atoms with E-state index >= 15 is 0 Å². The summed E-state index contributed by atoms with van der Waals surface area (Å²) in [7, 11) is -3.53. The first-order valence-corrected chi connectivity index (χ1v) is 11.8. The lowest BCUT2D eigenvalue weighted by Crippen LogP contribution is -2.35. The van der Waals surface area contributed by atoms with Gasteiger partial charge in [0.2, 0.25) is 10.0 Å². The first kappa shape index (κ1) is 23.4. The van der Waals surface area contributed by atoms with Gasteiger partial charge in [-0.1, -0.05) is 0 Å². The molecular formula is C22H26N4O5S. The van der Waals surface area contributed by atoms with Gasteiger partial charge >= 0.3 is 0 Å². The molecule has 0 spiro atoms. The lowest BCUT2D eigenvalue weighted by atomic mass is 10.2. The van der Waals surface area contributed by atoms with Gasteiger partial charge < -0.3 is 10.1 Å². The van der Waals surface area contributed by atoms with E-state index in [0.29, 0.717) is 19.7 Å². The van der Waals surface area contributed by atoms with Gasteiger partial charge in [-0.2, -0.15) is 9.41 Å². The fraction of sp³-hybridized carbons (Fsp3) is 0.318. The predicted molar refractivity (Wildman–Crippen MR) is 120 cm³/mol. The highest BCUT2D eigenvalue weighted by Crippen LogP contribution is 2.21. The number of hydrazone groups is 1. The van der Waals surface area contributed by atoms with Crippen molar-refractivity contribution >= 4 is 28.1 Å². The standard InChI is InChI=1S/C22H26N4O5S/c1-2-31-19-9-5-17(6-10-19)15-24-25-21(27)16-23-22(28)18-7-11-20(12-8-18)32(29,30)26-13-3-4-14-26/h5-12,15H,2-4,13-14,16H2,1H3,(H,23,28)(H,25,27)/b24-15-. The third-order valence-corrected chi connectivity index (χ3v) is 6.74. The number of sulfonamides is 1. The van der Waals surface area contributed by atoms with Crippen molar-refractivity contribution in [1.82, 2.24) is 15.0 Å². The van der Waals surface area contributed by atoms with Crippen molar-refractivity contribution in [3.8, 4) is 5.75 Å². The molecule has 32 heavy (non-hydrogen) atoms. The summed E-state index contributed by atoms with van der Waals surface area (Å²) < 4.78 is 31.9. The topological polar surface area (TPSA) is 117 Å². The summed E-state index contributed by atoms with van der Waals surface area (Å²) in [6, 6.07) is 12.9. The molecule has 0 aliphatic carbocycles. The van der Waals surface area contributed by atoms with Crippen LogP contribution in [0, 0.1) is 0 Å². The van der Waals surface area contributed by atoms with Crippen molar-refractivity contribution in [1.29, 1.82) is 0 Å². The second-order valence-electron chi connectivity index (χ2n) is 7.11. The van der Waals surface area contributed by atoms with Gasteiger partial charge in [0, 0.05) is 18.7 Å². The number of benzene rings is 2. The highest BCUT2D eigenvalue weighted by molar-refractivity contribution is 7.89. The number of hydrogen-bond acceptors (Lipinski definition) is 6. The van der Waals surface area contributed by atoms with E-state index < -0.39 is 21.8 Å². The maximum absolute atomic E-state index is 12.5. The molecule has 0 radical (unpaired) electrons. The van der Waals surface area contributed by atoms with Gasteiger partial charge in [0.25, 0.3) is 11.8 Å². The zero-order valence-electron chi connectivity index (χ0n) is 17.8. The lowest BCUT2D eigenvalue weighted by molar-refractivity contribution is -0.120. The molecule has 1 heterocycles. The van der Waals surface area contributed by atoms with Crippen LogP contribution < -0.4 is 15.5 Å². The molecule has 170 valence electrons. The molecule has 0 saturated carbocycles. The van der Waals surface area contributed by atoms with Gasteiger partial charge in [0.05, 0.1) is 24.3 Å². The van der Waals surface area contributed by atoms with Crippen molar-refractivity contribution in [2.75, 3.05) is 26.2 Å². The number of nitrogens with zero attached hydrogens (tertiary/aromatic N) is 2. The predicted octanol–water partition coefficient (Wildman–Crippen LogP) is 1.75. The van der Waals surface area contributed by atoms with Crippen molar-refractivity contribution < 1.29 is 22.7 Å². The minimum absolute atomic E-state index is 0.150. The fourth-order valence-electron chi connectivity index (χ4n) is 3.15. The molecule has 2 aromatic carbocycles. The number of nitrogens with one attached hydrogen (secondary N) is 2. The molecule has 10 heteroatoms. The molecule has 0 unspecified atom stereocenters. The maximum Gasteiger partial charge on any atom is 0.259 e. The van der Waals surface area contributed by atoms with Gasteiger partial charge in [0.15, 0.2) is 0 Å². The van der Waals surface area contributed by atoms with Crippen LogP contribution in [-0.4, -0.2) is 57.0 Å². The smallest absolute Gasteiger partial charge is 0.259 e. The van der Waals surface area contributed by atoms with Crippen LogP contribution in [0.1, 0.15) is 35.7 Å². The van der Waals surface area contributed by atoms with E-state index in [-0.39, 0.29) is 17.0 Å². The Morgan fingerprint density at radius 2 is 1.72 bits per heavy atom. The Labute approximate surface area is 187 Å². The molecule has 1 saturated heterocycles. The number of hydrogen-bond donors (Lipinski definition) is 2. The van der Waals surface area contributed by atoms with E-state index in [9.17, 15) is 18.0 Å². The SMILES string of the molecule is CCOc1ccc(/C=N\NC(=O)CNC(=O)c2ccc(S(=O)(=O)N3CCCC3)cc2)cc1. The van der Waals surface area contributed by atoms with E-state index in [1.165, 1.54) is 34.8 Å². The fourth-order valence-corrected chi connectivity index (χ4v) is 4.67. The molecule has 0 bridgehead atoms. The number of carbonyl (C=O) groups is 2. The maximum atomic E-state index is 12.5. The van der Waals surface area contributed by atoms with Crippen LogP contribution in [0.15, 0.2) is 58.5 Å². The van der Waals surface area contributed by atoms with Gasteiger partial charge in [-0.05, 0) is 73.9 Å². The molecule has 9 nitrogen and oxygen atoms in total. The van der Waals surface area contributed by atoms with Crippen LogP contribution in [0.4, 0.5) is 0 Å². The quantitative estimate of drug-likeness (QED) is 0.439. The van der Waals surface area contributed by atoms with Gasteiger partial charge in [-0.15, -0.1) is 0 Å². The molecule has 2 aromatic rings. The molecule has 2 N–H and O–H groups in total. The normalized spacial score (nSPS) is 14.4. The second-order valence-corrected chi connectivity index (χ2v) is 9.05. The van der Waals surface area contributed by atoms with Crippen LogP contribution in [0.25, 0.3) is 0 Å². The molecule has 3 rings (SSSR count). The Hall–Kier alpha value is -3.24. The molecule has 0 aromatic heterocycles. The van der Waals surface area contributed by atoms with E-state index in [1.807, 2.05) is 6.92 Å². The van der Waals surface area contributed by atoms with Crippen LogP contribution in [0.2, 0.25) is 0 Å². The van der Waals surface area contributed by atoms with E-state index in [2.05, 4.69) is 15.8 Å². The zero-order valence-corrected chi connectivity index (χ0v) is 18.6. The number of ether oxygens (including phenoxy) is 1. The van der Waals surface area contributed by atoms with Crippen molar-refractivity contribution in [2.45, 2.75) is 24.7 Å². The Morgan fingerprint density at radius 3 is 2.34 bits per heavy atom. The summed E-state index contributed by atoms with van der Waals surface area (Å²) in [6.07, 6.45) is 3.19. The van der Waals surface area contributed by atoms with Gasteiger partial charge in [-0.3, -0.25) is 9.59 Å². The summed E-state index contributed by atoms with van der Waals surface area (Å²) in [5.74, 6) is -0.229. The monoisotopic (exact) mass is 458 g/mol. The van der Waals surface area contributed by atoms with Crippen LogP contribution in [-0.2, 0) is 14.8 Å². The highest BCUT2D eigenvalue weighted by atomic mass is 32.2. The summed E-state index contributed by atoms with van der Waals surface area (Å²) in [6.45, 7) is 3.24. The Balaban J connectivity index is 1.47. The van der Waals surface area contributed by atoms with E-state index in [1.54, 1.807) is 24.3 Å². The van der Waals surface area contributed by atoms with E-state index in [4.69, 9.17) is 4.74 Å². The van der Waals surface area contributed by atoms with Crippen molar-refractivity contribution in [2.24, 2.45) is 5.10 Å². The minimum Gasteiger partial charge on any atom is -0.494 e. The third kappa shape index (κ3) is 6.14. The summed E-state index contributed by atoms with van der Waals surface area (Å²) >= 11 is 0. The van der Waals surface area contributed by atoms with Crippen molar-refractivity contribution in [3.05, 3.63) is 59.7 Å². The largest absolute Gasteiger partial charge is 0.494 e. The Morgan fingerprint density at radius 1 is 1.06 bits per heavy atom. The summed E-state index contributed by atoms with van der Waals surface area (Å²) in [4.78, 5) is 24.3. The molecule has 1 fully saturated rings. The number of carbonyl (C=O) groups excluding carboxylic acids is 2. The van der Waals surface area contributed by atoms with Crippen LogP contribution >= 0.6 is 0 Å². The number of amides is 2. The average Bonchev–Trinajstić information content (AvgIpc) is 3.35. The molecule has 2 amide bonds. The van der Waals surface area contributed by atoms with Gasteiger partial charge in [0.1, 0.15) is 5.75 Å². The van der Waals surface area contributed by atoms with E-state index in [0.717, 1.165) is 24.2 Å². The third-order valence-electron chi connectivity index (χ3n) is 4.82. The summed E-state index contributed by atoms with van der Waals surface area (Å²) in [5, 5.41) is 6.34. The lowest BCUT2D eigenvalue weighted by Gasteiger charge is -2.15. The first-order valence-electron chi connectivity index (χ1n) is 10.3. The Kier molecular flexibility index (Phi) is 7.96.